The van der Waals surface area contributed by atoms with Crippen molar-refractivity contribution in [1.29, 1.82) is 0 Å². The lowest BCUT2D eigenvalue weighted by molar-refractivity contribution is -0.192. The average Bonchev–Trinajstić information content (AvgIpc) is 2.17. The van der Waals surface area contributed by atoms with Gasteiger partial charge >= 0.3 is 18.1 Å². The Morgan fingerprint density at radius 2 is 1.76 bits per heavy atom. The summed E-state index contributed by atoms with van der Waals surface area (Å²) in [6.45, 7) is 0. The molecule has 0 aliphatic rings. The van der Waals surface area contributed by atoms with Crippen LogP contribution in [0.1, 0.15) is 10.4 Å². The summed E-state index contributed by atoms with van der Waals surface area (Å²) in [6, 6.07) is 1.54. The van der Waals surface area contributed by atoms with Gasteiger partial charge in [-0.3, -0.25) is 0 Å². The molecule has 0 aliphatic carbocycles. The molecule has 0 aromatic carbocycles. The highest BCUT2D eigenvalue weighted by Gasteiger charge is 2.38. The molecule has 0 atom stereocenters. The summed E-state index contributed by atoms with van der Waals surface area (Å²) >= 11 is 4.73. The molecule has 94 valence electrons. The number of carbonyl (C=O) groups is 2. The number of rotatable bonds is 1. The number of H-pyrrole nitrogens is 1. The highest BCUT2D eigenvalue weighted by Crippen LogP contribution is 2.13. The van der Waals surface area contributed by atoms with E-state index in [1.54, 1.807) is 12.3 Å². The number of hydrogen-bond acceptors (Lipinski definition) is 3. The molecule has 9 heteroatoms. The fourth-order valence-corrected chi connectivity index (χ4v) is 0.798. The molecular formula is C8H6F3NO4S. The van der Waals surface area contributed by atoms with Gasteiger partial charge in [-0.05, 0) is 6.07 Å². The summed E-state index contributed by atoms with van der Waals surface area (Å²) in [5, 5.41) is 15.6. The van der Waals surface area contributed by atoms with Gasteiger partial charge in [0.25, 0.3) is 0 Å². The molecule has 1 rings (SSSR count). The Hall–Kier alpha value is -1.90. The third-order valence-electron chi connectivity index (χ3n) is 1.30. The third-order valence-corrected chi connectivity index (χ3v) is 1.65. The van der Waals surface area contributed by atoms with Gasteiger partial charge in [-0.2, -0.15) is 13.2 Å². The second-order valence-electron chi connectivity index (χ2n) is 2.53. The number of aromatic carboxylic acids is 1. The molecule has 0 unspecified atom stereocenters. The average molecular weight is 269 g/mol. The smallest absolute Gasteiger partial charge is 0.478 e. The normalized spacial score (nSPS) is 10.1. The molecule has 1 aromatic heterocycles. The molecule has 3 N–H and O–H groups in total. The first kappa shape index (κ1) is 15.1. The minimum absolute atomic E-state index is 0.137. The zero-order chi connectivity index (χ0) is 13.6. The largest absolute Gasteiger partial charge is 0.490 e. The van der Waals surface area contributed by atoms with E-state index in [1.165, 1.54) is 6.20 Å². The van der Waals surface area contributed by atoms with Crippen LogP contribution in [-0.4, -0.2) is 33.3 Å². The summed E-state index contributed by atoms with van der Waals surface area (Å²) in [5.74, 6) is -3.76. The third kappa shape index (κ3) is 5.66. The number of hydrogen-bond donors (Lipinski definition) is 3. The number of alkyl halides is 3. The van der Waals surface area contributed by atoms with E-state index in [4.69, 9.17) is 27.2 Å². The van der Waals surface area contributed by atoms with Gasteiger partial charge in [-0.15, -0.1) is 0 Å². The number of aromatic amines is 1. The Balaban J connectivity index is 0.000000325. The van der Waals surface area contributed by atoms with Crippen LogP contribution in [0.3, 0.4) is 0 Å². The van der Waals surface area contributed by atoms with Crippen LogP contribution in [0, 0.1) is 4.51 Å². The van der Waals surface area contributed by atoms with Crippen LogP contribution in [0.4, 0.5) is 13.2 Å². The van der Waals surface area contributed by atoms with Crippen molar-refractivity contribution in [3.63, 3.8) is 0 Å². The van der Waals surface area contributed by atoms with Gasteiger partial charge in [0.1, 0.15) is 0 Å². The SMILES string of the molecule is O=C(O)C(F)(F)F.O=C(O)c1c[nH]ccc1=S. The number of halogens is 3. The van der Waals surface area contributed by atoms with Crippen molar-refractivity contribution >= 4 is 24.2 Å². The van der Waals surface area contributed by atoms with E-state index in [2.05, 4.69) is 4.98 Å². The van der Waals surface area contributed by atoms with Gasteiger partial charge in [0, 0.05) is 12.4 Å². The molecule has 0 saturated heterocycles. The first-order chi connectivity index (χ1) is 7.66. The van der Waals surface area contributed by atoms with Crippen molar-refractivity contribution in [3.8, 4) is 0 Å². The van der Waals surface area contributed by atoms with Gasteiger partial charge in [0.15, 0.2) is 0 Å². The van der Waals surface area contributed by atoms with Crippen LogP contribution in [-0.2, 0) is 4.79 Å². The minimum Gasteiger partial charge on any atom is -0.478 e. The molecular weight excluding hydrogens is 263 g/mol. The molecule has 0 spiro atoms. The van der Waals surface area contributed by atoms with Gasteiger partial charge in [0.2, 0.25) is 0 Å². The van der Waals surface area contributed by atoms with Crippen LogP contribution in [0.5, 0.6) is 0 Å². The number of pyridine rings is 1. The standard InChI is InChI=1S/C6H5NO2S.C2HF3O2/c8-6(9)4-3-7-2-1-5(4)10;3-2(4,5)1(6)7/h1-3H,(H,7,10)(H,8,9);(H,6,7). The second kappa shape index (κ2) is 5.99. The topological polar surface area (TPSA) is 90.4 Å². The molecule has 17 heavy (non-hydrogen) atoms. The van der Waals surface area contributed by atoms with E-state index >= 15 is 0 Å². The number of carboxylic acids is 2. The van der Waals surface area contributed by atoms with E-state index in [-0.39, 0.29) is 5.56 Å². The molecule has 0 saturated carbocycles. The van der Waals surface area contributed by atoms with Gasteiger partial charge in [0.05, 0.1) is 10.1 Å². The Labute approximate surface area is 97.5 Å². The summed E-state index contributed by atoms with van der Waals surface area (Å²) < 4.78 is 32.1. The van der Waals surface area contributed by atoms with E-state index in [1.807, 2.05) is 0 Å². The van der Waals surface area contributed by atoms with E-state index < -0.39 is 18.1 Å². The van der Waals surface area contributed by atoms with Crippen LogP contribution in [0.15, 0.2) is 18.5 Å². The zero-order valence-electron chi connectivity index (χ0n) is 7.99. The highest BCUT2D eigenvalue weighted by atomic mass is 32.1. The lowest BCUT2D eigenvalue weighted by Gasteiger charge is -1.93. The minimum atomic E-state index is -5.08. The zero-order valence-corrected chi connectivity index (χ0v) is 8.80. The Kier molecular flexibility index (Phi) is 5.32. The number of nitrogens with one attached hydrogen (secondary N) is 1. The predicted octanol–water partition coefficient (Wildman–Crippen LogP) is 2.08. The van der Waals surface area contributed by atoms with E-state index in [9.17, 15) is 18.0 Å². The number of aliphatic carboxylic acids is 1. The van der Waals surface area contributed by atoms with Gasteiger partial charge < -0.3 is 15.2 Å². The first-order valence-corrected chi connectivity index (χ1v) is 4.27. The highest BCUT2D eigenvalue weighted by molar-refractivity contribution is 7.71. The van der Waals surface area contributed by atoms with Crippen molar-refractivity contribution in [1.82, 2.24) is 4.98 Å². The van der Waals surface area contributed by atoms with Gasteiger partial charge in [-0.25, -0.2) is 9.59 Å². The Morgan fingerprint density at radius 3 is 2.00 bits per heavy atom. The number of aromatic nitrogens is 1. The summed E-state index contributed by atoms with van der Waals surface area (Å²) in [7, 11) is 0. The lowest BCUT2D eigenvalue weighted by Crippen LogP contribution is -2.21. The molecule has 0 bridgehead atoms. The van der Waals surface area contributed by atoms with Crippen LogP contribution >= 0.6 is 12.2 Å². The monoisotopic (exact) mass is 269 g/mol. The van der Waals surface area contributed by atoms with E-state index in [0.29, 0.717) is 4.51 Å². The molecule has 5 nitrogen and oxygen atoms in total. The fourth-order valence-electron chi connectivity index (χ4n) is 0.583. The summed E-state index contributed by atoms with van der Waals surface area (Å²) in [5.41, 5.74) is 0.137. The maximum absolute atomic E-state index is 10.6. The van der Waals surface area contributed by atoms with Crippen LogP contribution in [0.2, 0.25) is 0 Å². The number of carboxylic acid groups (broad SMARTS) is 2. The van der Waals surface area contributed by atoms with E-state index in [0.717, 1.165) is 0 Å². The molecule has 0 aliphatic heterocycles. The van der Waals surface area contributed by atoms with Crippen LogP contribution < -0.4 is 0 Å². The first-order valence-electron chi connectivity index (χ1n) is 3.86. The van der Waals surface area contributed by atoms with Crippen molar-refractivity contribution in [2.75, 3.05) is 0 Å². The van der Waals surface area contributed by atoms with Crippen LogP contribution in [0.25, 0.3) is 0 Å². The second-order valence-corrected chi connectivity index (χ2v) is 2.97. The summed E-state index contributed by atoms with van der Waals surface area (Å²) in [4.78, 5) is 21.9. The lowest BCUT2D eigenvalue weighted by atomic mass is 10.3. The van der Waals surface area contributed by atoms with Crippen molar-refractivity contribution < 1.29 is 33.0 Å². The maximum Gasteiger partial charge on any atom is 0.490 e. The van der Waals surface area contributed by atoms with Crippen molar-refractivity contribution in [3.05, 3.63) is 28.5 Å². The van der Waals surface area contributed by atoms with Crippen molar-refractivity contribution in [2.45, 2.75) is 6.18 Å². The molecule has 1 aromatic rings. The molecule has 0 radical (unpaired) electrons. The summed E-state index contributed by atoms with van der Waals surface area (Å²) in [6.07, 6.45) is -2.13. The van der Waals surface area contributed by atoms with Gasteiger partial charge in [-0.1, -0.05) is 12.2 Å². The Morgan fingerprint density at radius 1 is 1.29 bits per heavy atom. The Bertz CT molecular complexity index is 468. The fraction of sp³-hybridized carbons (Fsp3) is 0.125. The maximum atomic E-state index is 10.6. The molecule has 0 amide bonds. The molecule has 0 fully saturated rings. The van der Waals surface area contributed by atoms with Crippen molar-refractivity contribution in [2.24, 2.45) is 0 Å². The molecule has 1 heterocycles. The predicted molar refractivity (Wildman–Crippen MR) is 52.3 cm³/mol. The quantitative estimate of drug-likeness (QED) is 0.679.